The van der Waals surface area contributed by atoms with Crippen LogP contribution in [0.5, 0.6) is 0 Å². The van der Waals surface area contributed by atoms with Crippen LogP contribution in [0.15, 0.2) is 48.5 Å². The molecule has 0 saturated carbocycles. The first-order valence-electron chi connectivity index (χ1n) is 11.9. The summed E-state index contributed by atoms with van der Waals surface area (Å²) in [5, 5.41) is 3.30. The van der Waals surface area contributed by atoms with Gasteiger partial charge >= 0.3 is 5.97 Å². The Hall–Kier alpha value is -3.39. The van der Waals surface area contributed by atoms with E-state index in [9.17, 15) is 23.6 Å². The third kappa shape index (κ3) is 4.16. The molecule has 4 unspecified atom stereocenters. The third-order valence-corrected chi connectivity index (χ3v) is 6.96. The Morgan fingerprint density at radius 1 is 1.09 bits per heavy atom. The molecule has 4 atom stereocenters. The monoisotopic (exact) mass is 480 g/mol. The van der Waals surface area contributed by atoms with E-state index in [4.69, 9.17) is 4.74 Å². The first-order valence-corrected chi connectivity index (χ1v) is 11.9. The van der Waals surface area contributed by atoms with Crippen LogP contribution in [0.25, 0.3) is 0 Å². The lowest BCUT2D eigenvalue weighted by atomic mass is 9.76. The predicted octanol–water partition coefficient (Wildman–Crippen LogP) is 3.97. The molecule has 2 amide bonds. The number of ether oxygens (including phenoxy) is 1. The van der Waals surface area contributed by atoms with Crippen molar-refractivity contribution in [2.45, 2.75) is 51.6 Å². The Kier molecular flexibility index (Phi) is 6.85. The molecule has 0 aromatic heterocycles. The standard InChI is InChI=1S/C27H29FN2O5/c1-4-6-14-27(26(34)35-5-2)22-21(23(29-27)17-10-12-19(28)13-11-17)24(32)30(25(22)33)20-9-7-8-18(15-20)16(3)31/h7-13,15,21-23,29H,4-6,14H2,1-3H3. The molecule has 0 radical (unpaired) electrons. The zero-order valence-corrected chi connectivity index (χ0v) is 20.0. The molecule has 7 nitrogen and oxygen atoms in total. The van der Waals surface area contributed by atoms with E-state index in [1.54, 1.807) is 37.3 Å². The zero-order valence-electron chi connectivity index (χ0n) is 20.0. The molecule has 2 fully saturated rings. The fourth-order valence-electron chi connectivity index (χ4n) is 5.31. The molecule has 2 aliphatic rings. The van der Waals surface area contributed by atoms with Gasteiger partial charge in [-0.1, -0.05) is 44.0 Å². The number of imide groups is 1. The highest BCUT2D eigenvalue weighted by molar-refractivity contribution is 6.24. The van der Waals surface area contributed by atoms with Crippen LogP contribution in [0.3, 0.4) is 0 Å². The fraction of sp³-hybridized carbons (Fsp3) is 0.407. The highest BCUT2D eigenvalue weighted by Gasteiger charge is 2.68. The Morgan fingerprint density at radius 2 is 1.80 bits per heavy atom. The summed E-state index contributed by atoms with van der Waals surface area (Å²) < 4.78 is 19.1. The Morgan fingerprint density at radius 3 is 2.43 bits per heavy atom. The van der Waals surface area contributed by atoms with Crippen molar-refractivity contribution in [3.8, 4) is 0 Å². The lowest BCUT2D eigenvalue weighted by Gasteiger charge is -2.33. The number of nitrogens with zero attached hydrogens (tertiary/aromatic N) is 1. The summed E-state index contributed by atoms with van der Waals surface area (Å²) in [7, 11) is 0. The number of carbonyl (C=O) groups excluding carboxylic acids is 4. The molecule has 2 saturated heterocycles. The molecule has 184 valence electrons. The Labute approximate surface area is 203 Å². The number of carbonyl (C=O) groups is 4. The molecule has 2 aliphatic heterocycles. The molecule has 2 aromatic rings. The Bertz CT molecular complexity index is 1160. The minimum absolute atomic E-state index is 0.125. The van der Waals surface area contributed by atoms with Gasteiger partial charge in [-0.2, -0.15) is 0 Å². The SMILES string of the molecule is CCCCC1(C(=O)OCC)NC(c2ccc(F)cc2)C2C(=O)N(c3cccc(C(C)=O)c3)C(=O)C21. The van der Waals surface area contributed by atoms with Crippen LogP contribution in [0, 0.1) is 17.7 Å². The van der Waals surface area contributed by atoms with Crippen LogP contribution in [0.4, 0.5) is 10.1 Å². The fourth-order valence-corrected chi connectivity index (χ4v) is 5.31. The summed E-state index contributed by atoms with van der Waals surface area (Å²) in [4.78, 5) is 54.2. The van der Waals surface area contributed by atoms with Crippen molar-refractivity contribution in [3.63, 3.8) is 0 Å². The summed E-state index contributed by atoms with van der Waals surface area (Å²) in [5.74, 6) is -4.07. The summed E-state index contributed by atoms with van der Waals surface area (Å²) in [5.41, 5.74) is -0.149. The third-order valence-electron chi connectivity index (χ3n) is 6.96. The molecular formula is C27H29FN2O5. The van der Waals surface area contributed by atoms with Crippen molar-refractivity contribution in [2.75, 3.05) is 11.5 Å². The summed E-state index contributed by atoms with van der Waals surface area (Å²) >= 11 is 0. The van der Waals surface area contributed by atoms with E-state index in [0.717, 1.165) is 11.3 Å². The van der Waals surface area contributed by atoms with Gasteiger partial charge in [-0.05, 0) is 50.1 Å². The lowest BCUT2D eigenvalue weighted by Crippen LogP contribution is -2.56. The first-order chi connectivity index (χ1) is 16.7. The van der Waals surface area contributed by atoms with Crippen LogP contribution in [-0.4, -0.2) is 35.7 Å². The minimum Gasteiger partial charge on any atom is -0.465 e. The number of hydrogen-bond acceptors (Lipinski definition) is 6. The number of unbranched alkanes of at least 4 members (excludes halogenated alkanes) is 1. The van der Waals surface area contributed by atoms with Crippen molar-refractivity contribution in [3.05, 3.63) is 65.5 Å². The summed E-state index contributed by atoms with van der Waals surface area (Å²) in [6.45, 7) is 5.20. The number of benzene rings is 2. The first kappa shape index (κ1) is 24.7. The molecule has 2 aromatic carbocycles. The topological polar surface area (TPSA) is 92.8 Å². The van der Waals surface area contributed by atoms with Gasteiger partial charge in [0.2, 0.25) is 11.8 Å². The molecule has 2 heterocycles. The van der Waals surface area contributed by atoms with Crippen molar-refractivity contribution in [1.29, 1.82) is 0 Å². The van der Waals surface area contributed by atoms with E-state index in [0.29, 0.717) is 24.0 Å². The van der Waals surface area contributed by atoms with Gasteiger partial charge in [0, 0.05) is 11.6 Å². The maximum absolute atomic E-state index is 13.9. The van der Waals surface area contributed by atoms with Gasteiger partial charge in [0.05, 0.1) is 24.1 Å². The molecule has 1 N–H and O–H groups in total. The minimum atomic E-state index is -1.41. The smallest absolute Gasteiger partial charge is 0.327 e. The second-order valence-electron chi connectivity index (χ2n) is 9.09. The van der Waals surface area contributed by atoms with Gasteiger partial charge in [-0.3, -0.25) is 24.5 Å². The maximum atomic E-state index is 13.9. The van der Waals surface area contributed by atoms with Crippen LogP contribution in [-0.2, 0) is 19.1 Å². The number of rotatable bonds is 8. The molecule has 8 heteroatoms. The van der Waals surface area contributed by atoms with Crippen LogP contribution < -0.4 is 10.2 Å². The average Bonchev–Trinajstić information content (AvgIpc) is 3.32. The Balaban J connectivity index is 1.86. The summed E-state index contributed by atoms with van der Waals surface area (Å²) in [6, 6.07) is 11.3. The maximum Gasteiger partial charge on any atom is 0.327 e. The van der Waals surface area contributed by atoms with Crippen molar-refractivity contribution in [1.82, 2.24) is 5.32 Å². The number of anilines is 1. The normalized spacial score (nSPS) is 25.6. The van der Waals surface area contributed by atoms with E-state index in [-0.39, 0.29) is 18.1 Å². The molecule has 0 aliphatic carbocycles. The number of halogens is 1. The summed E-state index contributed by atoms with van der Waals surface area (Å²) in [6.07, 6.45) is 1.71. The number of esters is 1. The van der Waals surface area contributed by atoms with Gasteiger partial charge in [0.25, 0.3) is 0 Å². The van der Waals surface area contributed by atoms with Gasteiger partial charge in [-0.25, -0.2) is 9.29 Å². The predicted molar refractivity (Wildman–Crippen MR) is 127 cm³/mol. The van der Waals surface area contributed by atoms with Gasteiger partial charge in [0.15, 0.2) is 5.78 Å². The number of hydrogen-bond donors (Lipinski definition) is 1. The number of amides is 2. The second kappa shape index (κ2) is 9.70. The van der Waals surface area contributed by atoms with Crippen LogP contribution in [0.1, 0.15) is 62.0 Å². The number of Topliss-reactive ketones (excluding diaryl/α,β-unsaturated/α-hetero) is 1. The van der Waals surface area contributed by atoms with E-state index in [1.165, 1.54) is 25.1 Å². The molecule has 0 bridgehead atoms. The molecule has 35 heavy (non-hydrogen) atoms. The van der Waals surface area contributed by atoms with E-state index < -0.39 is 47.0 Å². The van der Waals surface area contributed by atoms with Gasteiger partial charge in [0.1, 0.15) is 11.4 Å². The van der Waals surface area contributed by atoms with Crippen LogP contribution >= 0.6 is 0 Å². The van der Waals surface area contributed by atoms with E-state index in [1.807, 2.05) is 6.92 Å². The zero-order chi connectivity index (χ0) is 25.3. The quantitative estimate of drug-likeness (QED) is 0.349. The van der Waals surface area contributed by atoms with Crippen molar-refractivity contribution >= 4 is 29.3 Å². The number of nitrogens with one attached hydrogen (secondary N) is 1. The average molecular weight is 481 g/mol. The molecule has 0 spiro atoms. The highest BCUT2D eigenvalue weighted by Crippen LogP contribution is 2.51. The second-order valence-corrected chi connectivity index (χ2v) is 9.09. The van der Waals surface area contributed by atoms with E-state index in [2.05, 4.69) is 5.32 Å². The molecular weight excluding hydrogens is 451 g/mol. The largest absolute Gasteiger partial charge is 0.465 e. The highest BCUT2D eigenvalue weighted by atomic mass is 19.1. The number of fused-ring (bicyclic) bond motifs is 1. The van der Waals surface area contributed by atoms with Crippen molar-refractivity contribution < 1.29 is 28.3 Å². The van der Waals surface area contributed by atoms with Gasteiger partial charge < -0.3 is 4.74 Å². The molecule has 4 rings (SSSR count). The van der Waals surface area contributed by atoms with Gasteiger partial charge in [-0.15, -0.1) is 0 Å². The van der Waals surface area contributed by atoms with Crippen LogP contribution in [0.2, 0.25) is 0 Å². The van der Waals surface area contributed by atoms with Crippen molar-refractivity contribution in [2.24, 2.45) is 11.8 Å². The lowest BCUT2D eigenvalue weighted by molar-refractivity contribution is -0.155. The number of ketones is 1. The van der Waals surface area contributed by atoms with E-state index >= 15 is 0 Å².